The van der Waals surface area contributed by atoms with Crippen LogP contribution in [0.5, 0.6) is 5.75 Å². The summed E-state index contributed by atoms with van der Waals surface area (Å²) in [6.45, 7) is 1.55. The molecule has 3 aromatic carbocycles. The van der Waals surface area contributed by atoms with Crippen molar-refractivity contribution in [2.24, 2.45) is 0 Å². The zero-order chi connectivity index (χ0) is 21.4. The van der Waals surface area contributed by atoms with Gasteiger partial charge in [0.25, 0.3) is 5.91 Å². The van der Waals surface area contributed by atoms with E-state index in [1.54, 1.807) is 61.5 Å². The highest BCUT2D eigenvalue weighted by atomic mass is 35.5. The van der Waals surface area contributed by atoms with E-state index in [2.05, 4.69) is 5.32 Å². The lowest BCUT2D eigenvalue weighted by molar-refractivity contribution is -0.122. The van der Waals surface area contributed by atoms with Crippen LogP contribution in [0.15, 0.2) is 60.7 Å². The van der Waals surface area contributed by atoms with Gasteiger partial charge in [0, 0.05) is 21.7 Å². The number of ketones is 2. The summed E-state index contributed by atoms with van der Waals surface area (Å²) < 4.78 is 5.63. The number of ether oxygens (including phenoxy) is 1. The molecular weight excluding hydrogens is 425 g/mol. The average Bonchev–Trinajstić information content (AvgIpc) is 2.73. The van der Waals surface area contributed by atoms with Crippen LogP contribution in [0.3, 0.4) is 0 Å². The maximum Gasteiger partial charge on any atom is 0.265 e. The predicted molar refractivity (Wildman–Crippen MR) is 115 cm³/mol. The molecule has 0 unspecified atom stereocenters. The fourth-order valence-corrected chi connectivity index (χ4v) is 3.75. The largest absolute Gasteiger partial charge is 0.479 e. The maximum absolute atomic E-state index is 13.0. The SMILES string of the molecule is C[C@H](Oc1ccc(Cl)cc1Cl)C(=O)Nc1cccc2c1C(=O)c1ccccc1C2=O. The molecule has 7 heteroatoms. The van der Waals surface area contributed by atoms with Gasteiger partial charge in [-0.05, 0) is 31.2 Å². The second kappa shape index (κ2) is 7.94. The zero-order valence-corrected chi connectivity index (χ0v) is 17.3. The highest BCUT2D eigenvalue weighted by molar-refractivity contribution is 6.35. The lowest BCUT2D eigenvalue weighted by atomic mass is 9.83. The molecular formula is C23H15Cl2NO4. The smallest absolute Gasteiger partial charge is 0.265 e. The number of hydrogen-bond donors (Lipinski definition) is 1. The monoisotopic (exact) mass is 439 g/mol. The van der Waals surface area contributed by atoms with E-state index < -0.39 is 12.0 Å². The number of carbonyl (C=O) groups is 3. The van der Waals surface area contributed by atoms with Crippen LogP contribution >= 0.6 is 23.2 Å². The second-order valence-corrected chi connectivity index (χ2v) is 7.60. The van der Waals surface area contributed by atoms with Crippen LogP contribution in [0.2, 0.25) is 10.0 Å². The Morgan fingerprint density at radius 3 is 2.27 bits per heavy atom. The predicted octanol–water partition coefficient (Wildman–Crippen LogP) is 5.17. The van der Waals surface area contributed by atoms with Gasteiger partial charge < -0.3 is 10.1 Å². The molecule has 0 aliphatic heterocycles. The Morgan fingerprint density at radius 2 is 1.57 bits per heavy atom. The van der Waals surface area contributed by atoms with Crippen molar-refractivity contribution in [2.75, 3.05) is 5.32 Å². The Hall–Kier alpha value is -3.15. The minimum Gasteiger partial charge on any atom is -0.479 e. The molecule has 0 bridgehead atoms. The first-order valence-corrected chi connectivity index (χ1v) is 9.86. The standard InChI is InChI=1S/C23H15Cl2NO4/c1-12(30-19-10-9-13(24)11-17(19)25)23(29)26-18-8-4-7-16-20(18)22(28)15-6-3-2-5-14(15)21(16)27/h2-12H,1H3,(H,26,29)/t12-/m0/s1. The molecule has 30 heavy (non-hydrogen) atoms. The van der Waals surface area contributed by atoms with E-state index in [1.807, 2.05) is 0 Å². The molecule has 0 radical (unpaired) electrons. The second-order valence-electron chi connectivity index (χ2n) is 6.76. The van der Waals surface area contributed by atoms with E-state index in [9.17, 15) is 14.4 Å². The number of halogens is 2. The maximum atomic E-state index is 13.0. The van der Waals surface area contributed by atoms with Gasteiger partial charge in [0.05, 0.1) is 16.3 Å². The Labute approximate surface area is 182 Å². The van der Waals surface area contributed by atoms with Crippen LogP contribution in [-0.2, 0) is 4.79 Å². The van der Waals surface area contributed by atoms with Gasteiger partial charge in [-0.15, -0.1) is 0 Å². The number of benzene rings is 3. The Balaban J connectivity index is 1.61. The minimum atomic E-state index is -0.916. The van der Waals surface area contributed by atoms with Gasteiger partial charge in [0.2, 0.25) is 0 Å². The van der Waals surface area contributed by atoms with E-state index in [4.69, 9.17) is 27.9 Å². The molecule has 1 N–H and O–H groups in total. The van der Waals surface area contributed by atoms with Crippen molar-refractivity contribution in [3.63, 3.8) is 0 Å². The van der Waals surface area contributed by atoms with Crippen molar-refractivity contribution >= 4 is 46.4 Å². The normalized spacial score (nSPS) is 13.3. The topological polar surface area (TPSA) is 72.5 Å². The zero-order valence-electron chi connectivity index (χ0n) is 15.7. The molecule has 5 nitrogen and oxygen atoms in total. The molecule has 3 aromatic rings. The van der Waals surface area contributed by atoms with Crippen molar-refractivity contribution in [3.05, 3.63) is 93.0 Å². The first-order chi connectivity index (χ1) is 14.4. The summed E-state index contributed by atoms with van der Waals surface area (Å²) in [6, 6.07) is 16.1. The third-order valence-corrected chi connectivity index (χ3v) is 5.31. The van der Waals surface area contributed by atoms with Crippen LogP contribution in [0.25, 0.3) is 0 Å². The molecule has 1 aliphatic carbocycles. The summed E-state index contributed by atoms with van der Waals surface area (Å²) in [5.74, 6) is -0.758. The van der Waals surface area contributed by atoms with Crippen molar-refractivity contribution in [1.82, 2.24) is 0 Å². The fraction of sp³-hybridized carbons (Fsp3) is 0.0870. The van der Waals surface area contributed by atoms with Gasteiger partial charge >= 0.3 is 0 Å². The van der Waals surface area contributed by atoms with Gasteiger partial charge in [0.15, 0.2) is 17.7 Å². The van der Waals surface area contributed by atoms with E-state index >= 15 is 0 Å². The summed E-state index contributed by atoms with van der Waals surface area (Å²) in [7, 11) is 0. The van der Waals surface area contributed by atoms with Crippen LogP contribution in [0.1, 0.15) is 38.8 Å². The van der Waals surface area contributed by atoms with Crippen LogP contribution < -0.4 is 10.1 Å². The van der Waals surface area contributed by atoms with Crippen LogP contribution in [0.4, 0.5) is 5.69 Å². The Kier molecular flexibility index (Phi) is 5.33. The van der Waals surface area contributed by atoms with Gasteiger partial charge in [-0.3, -0.25) is 14.4 Å². The third-order valence-electron chi connectivity index (χ3n) is 4.78. The number of hydrogen-bond acceptors (Lipinski definition) is 4. The molecule has 0 saturated carbocycles. The highest BCUT2D eigenvalue weighted by Crippen LogP contribution is 2.32. The van der Waals surface area contributed by atoms with Gasteiger partial charge in [-0.25, -0.2) is 0 Å². The summed E-state index contributed by atoms with van der Waals surface area (Å²) in [5.41, 5.74) is 1.35. The van der Waals surface area contributed by atoms with E-state index in [-0.39, 0.29) is 33.4 Å². The molecule has 0 heterocycles. The fourth-order valence-electron chi connectivity index (χ4n) is 3.30. The number of nitrogens with one attached hydrogen (secondary N) is 1. The van der Waals surface area contributed by atoms with Crippen molar-refractivity contribution < 1.29 is 19.1 Å². The molecule has 0 spiro atoms. The third kappa shape index (κ3) is 3.58. The number of rotatable bonds is 4. The summed E-state index contributed by atoms with van der Waals surface area (Å²) >= 11 is 12.0. The van der Waals surface area contributed by atoms with Gasteiger partial charge in [-0.1, -0.05) is 59.6 Å². The molecule has 0 fully saturated rings. The number of amides is 1. The molecule has 1 amide bonds. The van der Waals surface area contributed by atoms with Crippen molar-refractivity contribution in [1.29, 1.82) is 0 Å². The van der Waals surface area contributed by atoms with E-state index in [1.165, 1.54) is 6.07 Å². The summed E-state index contributed by atoms with van der Waals surface area (Å²) in [4.78, 5) is 38.6. The van der Waals surface area contributed by atoms with Crippen LogP contribution in [-0.4, -0.2) is 23.6 Å². The highest BCUT2D eigenvalue weighted by Gasteiger charge is 2.32. The summed E-state index contributed by atoms with van der Waals surface area (Å²) in [6.07, 6.45) is -0.916. The molecule has 0 aromatic heterocycles. The molecule has 4 rings (SSSR count). The first kappa shape index (κ1) is 20.1. The molecule has 1 aliphatic rings. The lowest BCUT2D eigenvalue weighted by Gasteiger charge is -2.21. The van der Waals surface area contributed by atoms with Gasteiger partial charge in [-0.2, -0.15) is 0 Å². The summed E-state index contributed by atoms with van der Waals surface area (Å²) in [5, 5.41) is 3.42. The van der Waals surface area contributed by atoms with Crippen molar-refractivity contribution in [3.8, 4) is 5.75 Å². The molecule has 0 saturated heterocycles. The van der Waals surface area contributed by atoms with Gasteiger partial charge in [0.1, 0.15) is 5.75 Å². The number of carbonyl (C=O) groups excluding carboxylic acids is 3. The first-order valence-electron chi connectivity index (χ1n) is 9.11. The van der Waals surface area contributed by atoms with E-state index in [0.29, 0.717) is 21.9 Å². The van der Waals surface area contributed by atoms with E-state index in [0.717, 1.165) is 0 Å². The number of anilines is 1. The lowest BCUT2D eigenvalue weighted by Crippen LogP contribution is -2.31. The molecule has 150 valence electrons. The minimum absolute atomic E-state index is 0.172. The van der Waals surface area contributed by atoms with Crippen molar-refractivity contribution in [2.45, 2.75) is 13.0 Å². The molecule has 1 atom stereocenters. The Bertz CT molecular complexity index is 1210. The average molecular weight is 440 g/mol. The number of fused-ring (bicyclic) bond motifs is 2. The quantitative estimate of drug-likeness (QED) is 0.475. The Morgan fingerprint density at radius 1 is 0.900 bits per heavy atom. The van der Waals surface area contributed by atoms with Crippen LogP contribution in [0, 0.1) is 0 Å².